The van der Waals surface area contributed by atoms with Gasteiger partial charge >= 0.3 is 0 Å². The largest absolute Gasteiger partial charge is 0.312 e. The Bertz CT molecular complexity index is 466. The Morgan fingerprint density at radius 1 is 1.44 bits per heavy atom. The second-order valence-electron chi connectivity index (χ2n) is 4.54. The molecule has 0 atom stereocenters. The van der Waals surface area contributed by atoms with Crippen LogP contribution in [0.3, 0.4) is 0 Å². The Morgan fingerprint density at radius 2 is 2.11 bits per heavy atom. The van der Waals surface area contributed by atoms with E-state index in [1.165, 1.54) is 15.6 Å². The van der Waals surface area contributed by atoms with Crippen molar-refractivity contribution in [2.24, 2.45) is 0 Å². The zero-order chi connectivity index (χ0) is 13.8. The van der Waals surface area contributed by atoms with Crippen LogP contribution in [0.15, 0.2) is 16.3 Å². The first-order chi connectivity index (χ1) is 8.39. The normalized spacial score (nSPS) is 12.6. The van der Waals surface area contributed by atoms with Crippen LogP contribution < -0.4 is 5.32 Å². The smallest absolute Gasteiger partial charge is 0.243 e. The highest BCUT2D eigenvalue weighted by molar-refractivity contribution is 7.89. The number of rotatable bonds is 7. The van der Waals surface area contributed by atoms with E-state index >= 15 is 0 Å². The van der Waals surface area contributed by atoms with Crippen LogP contribution in [0.4, 0.5) is 0 Å². The van der Waals surface area contributed by atoms with E-state index in [2.05, 4.69) is 12.2 Å². The van der Waals surface area contributed by atoms with Gasteiger partial charge in [-0.1, -0.05) is 6.92 Å². The fraction of sp³-hybridized carbons (Fsp3) is 0.667. The molecule has 0 aliphatic rings. The topological polar surface area (TPSA) is 49.4 Å². The Morgan fingerprint density at radius 3 is 2.67 bits per heavy atom. The van der Waals surface area contributed by atoms with Crippen molar-refractivity contribution < 1.29 is 8.42 Å². The molecule has 1 aromatic rings. The molecule has 1 N–H and O–H groups in total. The quantitative estimate of drug-likeness (QED) is 0.784. The number of nitrogens with one attached hydrogen (secondary N) is 1. The number of hydrogen-bond donors (Lipinski definition) is 1. The molecule has 6 heteroatoms. The van der Waals surface area contributed by atoms with Crippen molar-refractivity contribution in [1.29, 1.82) is 0 Å². The number of sulfonamides is 1. The van der Waals surface area contributed by atoms with Crippen LogP contribution in [0, 0.1) is 0 Å². The summed E-state index contributed by atoms with van der Waals surface area (Å²) in [7, 11) is -1.71. The zero-order valence-electron chi connectivity index (χ0n) is 11.4. The summed E-state index contributed by atoms with van der Waals surface area (Å²) in [6, 6.07) is 1.73. The molecule has 4 nitrogen and oxygen atoms in total. The molecule has 1 heterocycles. The van der Waals surface area contributed by atoms with Gasteiger partial charge in [0.15, 0.2) is 0 Å². The van der Waals surface area contributed by atoms with E-state index in [1.54, 1.807) is 18.5 Å². The molecule has 0 radical (unpaired) electrons. The summed E-state index contributed by atoms with van der Waals surface area (Å²) in [5, 5.41) is 4.99. The Labute approximate surface area is 114 Å². The molecule has 0 unspecified atom stereocenters. The van der Waals surface area contributed by atoms with Crippen LogP contribution in [0.1, 0.15) is 32.1 Å². The highest BCUT2D eigenvalue weighted by Gasteiger charge is 2.24. The first-order valence-electron chi connectivity index (χ1n) is 6.15. The first-order valence-corrected chi connectivity index (χ1v) is 8.47. The van der Waals surface area contributed by atoms with Gasteiger partial charge in [0.25, 0.3) is 0 Å². The van der Waals surface area contributed by atoms with E-state index in [0.29, 0.717) is 4.90 Å². The SMILES string of the molecule is CCCNCc1cc(S(=O)(=O)N(C)C(C)C)cs1. The molecule has 0 amide bonds. The summed E-state index contributed by atoms with van der Waals surface area (Å²) < 4.78 is 25.9. The van der Waals surface area contributed by atoms with Crippen molar-refractivity contribution >= 4 is 21.4 Å². The maximum absolute atomic E-state index is 12.2. The highest BCUT2D eigenvalue weighted by Crippen LogP contribution is 2.23. The summed E-state index contributed by atoms with van der Waals surface area (Å²) >= 11 is 1.49. The number of hydrogen-bond acceptors (Lipinski definition) is 4. The average Bonchev–Trinajstić information content (AvgIpc) is 2.77. The Hall–Kier alpha value is -0.430. The van der Waals surface area contributed by atoms with Crippen LogP contribution in [0.2, 0.25) is 0 Å². The standard InChI is InChI=1S/C12H22N2O2S2/c1-5-6-13-8-11-7-12(9-17-11)18(15,16)14(4)10(2)3/h7,9-10,13H,5-6,8H2,1-4H3. The van der Waals surface area contributed by atoms with E-state index in [1.807, 2.05) is 13.8 Å². The van der Waals surface area contributed by atoms with Gasteiger partial charge in [0, 0.05) is 29.9 Å². The van der Waals surface area contributed by atoms with Gasteiger partial charge in [-0.3, -0.25) is 0 Å². The van der Waals surface area contributed by atoms with Crippen molar-refractivity contribution in [3.8, 4) is 0 Å². The predicted molar refractivity (Wildman–Crippen MR) is 76.4 cm³/mol. The summed E-state index contributed by atoms with van der Waals surface area (Å²) in [5.41, 5.74) is 0. The minimum Gasteiger partial charge on any atom is -0.312 e. The maximum Gasteiger partial charge on any atom is 0.243 e. The minimum absolute atomic E-state index is 0.0310. The van der Waals surface area contributed by atoms with Gasteiger partial charge in [-0.2, -0.15) is 4.31 Å². The van der Waals surface area contributed by atoms with E-state index in [0.717, 1.165) is 24.4 Å². The summed E-state index contributed by atoms with van der Waals surface area (Å²) in [5.74, 6) is 0. The molecular formula is C12H22N2O2S2. The van der Waals surface area contributed by atoms with Crippen LogP contribution in [0.25, 0.3) is 0 Å². The van der Waals surface area contributed by atoms with Crippen molar-refractivity contribution in [1.82, 2.24) is 9.62 Å². The van der Waals surface area contributed by atoms with Gasteiger partial charge < -0.3 is 5.32 Å². The second kappa shape index (κ2) is 6.65. The second-order valence-corrected chi connectivity index (χ2v) is 7.53. The minimum atomic E-state index is -3.33. The lowest BCUT2D eigenvalue weighted by atomic mass is 10.4. The molecule has 0 spiro atoms. The van der Waals surface area contributed by atoms with Gasteiger partial charge in [0.2, 0.25) is 10.0 Å². The molecule has 0 saturated heterocycles. The third-order valence-electron chi connectivity index (χ3n) is 2.76. The highest BCUT2D eigenvalue weighted by atomic mass is 32.2. The van der Waals surface area contributed by atoms with Crippen molar-refractivity contribution in [2.75, 3.05) is 13.6 Å². The molecule has 1 aromatic heterocycles. The zero-order valence-corrected chi connectivity index (χ0v) is 13.1. The van der Waals surface area contributed by atoms with E-state index in [9.17, 15) is 8.42 Å². The molecule has 104 valence electrons. The van der Waals surface area contributed by atoms with Gasteiger partial charge in [-0.25, -0.2) is 8.42 Å². The van der Waals surface area contributed by atoms with Gasteiger partial charge in [0.1, 0.15) is 0 Å². The molecule has 0 aromatic carbocycles. The lowest BCUT2D eigenvalue weighted by Gasteiger charge is -2.19. The van der Waals surface area contributed by atoms with Crippen molar-refractivity contribution in [3.63, 3.8) is 0 Å². The maximum atomic E-state index is 12.2. The van der Waals surface area contributed by atoms with Gasteiger partial charge in [0.05, 0.1) is 4.90 Å². The van der Waals surface area contributed by atoms with Crippen LogP contribution in [-0.2, 0) is 16.6 Å². The molecule has 0 fully saturated rings. The van der Waals surface area contributed by atoms with E-state index < -0.39 is 10.0 Å². The molecule has 0 bridgehead atoms. The van der Waals surface area contributed by atoms with E-state index in [4.69, 9.17) is 0 Å². The molecule has 1 rings (SSSR count). The third kappa shape index (κ3) is 3.78. The van der Waals surface area contributed by atoms with Crippen LogP contribution >= 0.6 is 11.3 Å². The fourth-order valence-corrected chi connectivity index (χ4v) is 4.02. The Balaban J connectivity index is 2.79. The number of nitrogens with zero attached hydrogens (tertiary/aromatic N) is 1. The fourth-order valence-electron chi connectivity index (χ4n) is 1.42. The molecule has 18 heavy (non-hydrogen) atoms. The summed E-state index contributed by atoms with van der Waals surface area (Å²) in [6.45, 7) is 7.53. The third-order valence-corrected chi connectivity index (χ3v) is 5.86. The molecular weight excluding hydrogens is 268 g/mol. The predicted octanol–water partition coefficient (Wildman–Crippen LogP) is 2.28. The monoisotopic (exact) mass is 290 g/mol. The van der Waals surface area contributed by atoms with Gasteiger partial charge in [-0.15, -0.1) is 11.3 Å². The molecule has 0 aliphatic carbocycles. The molecule has 0 saturated carbocycles. The van der Waals surface area contributed by atoms with Gasteiger partial charge in [-0.05, 0) is 32.9 Å². The lowest BCUT2D eigenvalue weighted by molar-refractivity contribution is 0.411. The molecule has 0 aliphatic heterocycles. The van der Waals surface area contributed by atoms with Crippen LogP contribution in [0.5, 0.6) is 0 Å². The van der Waals surface area contributed by atoms with E-state index in [-0.39, 0.29) is 6.04 Å². The average molecular weight is 290 g/mol. The number of thiophene rings is 1. The summed E-state index contributed by atoms with van der Waals surface area (Å²) in [6.07, 6.45) is 1.08. The van der Waals surface area contributed by atoms with Crippen LogP contribution in [-0.4, -0.2) is 32.4 Å². The van der Waals surface area contributed by atoms with Crippen molar-refractivity contribution in [3.05, 3.63) is 16.3 Å². The Kier molecular flexibility index (Phi) is 5.78. The first kappa shape index (κ1) is 15.6. The summed E-state index contributed by atoms with van der Waals surface area (Å²) in [4.78, 5) is 1.45. The lowest BCUT2D eigenvalue weighted by Crippen LogP contribution is -2.32. The van der Waals surface area contributed by atoms with Crippen molar-refractivity contribution in [2.45, 2.75) is 44.7 Å².